The van der Waals surface area contributed by atoms with Gasteiger partial charge < -0.3 is 4.74 Å². The molecule has 0 spiro atoms. The molecular formula is C10H10F3NO2. The van der Waals surface area contributed by atoms with Crippen LogP contribution in [0.2, 0.25) is 0 Å². The first-order valence-corrected chi connectivity index (χ1v) is 4.41. The second-order valence-electron chi connectivity index (χ2n) is 3.28. The predicted octanol–water partition coefficient (Wildman–Crippen LogP) is 2.50. The van der Waals surface area contributed by atoms with E-state index < -0.39 is 17.7 Å². The normalized spacial score (nSPS) is 11.4. The molecule has 0 saturated heterocycles. The van der Waals surface area contributed by atoms with Gasteiger partial charge in [-0.3, -0.25) is 0 Å². The maximum Gasteiger partial charge on any atom is 0.418 e. The molecule has 0 atom stereocenters. The van der Waals surface area contributed by atoms with E-state index >= 15 is 0 Å². The Labute approximate surface area is 90.2 Å². The fraction of sp³-hybridized carbons (Fsp3) is 0.400. The number of aryl methyl sites for hydroxylation is 2. The van der Waals surface area contributed by atoms with Gasteiger partial charge in [-0.05, 0) is 25.5 Å². The number of aromatic nitrogens is 1. The third-order valence-electron chi connectivity index (χ3n) is 2.09. The highest BCUT2D eigenvalue weighted by atomic mass is 19.4. The molecule has 3 nitrogen and oxygen atoms in total. The average molecular weight is 233 g/mol. The number of alkyl halides is 3. The minimum absolute atomic E-state index is 0.0898. The van der Waals surface area contributed by atoms with Gasteiger partial charge in [-0.15, -0.1) is 0 Å². The first-order chi connectivity index (χ1) is 7.27. The smallest absolute Gasteiger partial charge is 0.418 e. The van der Waals surface area contributed by atoms with Crippen molar-refractivity contribution in [2.24, 2.45) is 0 Å². The molecule has 0 bridgehead atoms. The van der Waals surface area contributed by atoms with E-state index in [2.05, 4.69) is 9.72 Å². The molecule has 0 aliphatic carbocycles. The van der Waals surface area contributed by atoms with Crippen LogP contribution >= 0.6 is 0 Å². The molecule has 0 fully saturated rings. The molecule has 0 aliphatic heterocycles. The van der Waals surface area contributed by atoms with Gasteiger partial charge in [0.05, 0.1) is 18.4 Å². The van der Waals surface area contributed by atoms with E-state index in [0.29, 0.717) is 0 Å². The monoisotopic (exact) mass is 233 g/mol. The Balaban J connectivity index is 3.33. The number of hydrogen-bond acceptors (Lipinski definition) is 3. The summed E-state index contributed by atoms with van der Waals surface area (Å²) in [4.78, 5) is 14.8. The molecule has 0 amide bonds. The van der Waals surface area contributed by atoms with E-state index in [-0.39, 0.29) is 17.0 Å². The Bertz CT molecular complexity index is 427. The lowest BCUT2D eigenvalue weighted by molar-refractivity contribution is -0.138. The first-order valence-electron chi connectivity index (χ1n) is 4.41. The van der Waals surface area contributed by atoms with Crippen molar-refractivity contribution in [2.75, 3.05) is 7.11 Å². The standard InChI is InChI=1S/C10H10F3NO2/c1-5-4-7(10(11,12)13)6(2)14-8(5)9(15)16-3/h4H,1-3H3. The van der Waals surface area contributed by atoms with Gasteiger partial charge in [0.2, 0.25) is 0 Å². The summed E-state index contributed by atoms with van der Waals surface area (Å²) in [5.74, 6) is -0.741. The number of carbonyl (C=O) groups is 1. The summed E-state index contributed by atoms with van der Waals surface area (Å²) >= 11 is 0. The van der Waals surface area contributed by atoms with Crippen LogP contribution in [-0.4, -0.2) is 18.1 Å². The number of halogens is 3. The number of pyridine rings is 1. The van der Waals surface area contributed by atoms with Gasteiger partial charge in [0.1, 0.15) is 0 Å². The van der Waals surface area contributed by atoms with Crippen LogP contribution in [0.15, 0.2) is 6.07 Å². The average Bonchev–Trinajstić information content (AvgIpc) is 2.18. The summed E-state index contributed by atoms with van der Waals surface area (Å²) in [6.45, 7) is 2.59. The number of hydrogen-bond donors (Lipinski definition) is 0. The Morgan fingerprint density at radius 2 is 1.94 bits per heavy atom. The number of ether oxygens (including phenoxy) is 1. The molecule has 0 N–H and O–H groups in total. The van der Waals surface area contributed by atoms with E-state index in [9.17, 15) is 18.0 Å². The van der Waals surface area contributed by atoms with Crippen molar-refractivity contribution >= 4 is 5.97 Å². The van der Waals surface area contributed by atoms with Crippen LogP contribution in [0.1, 0.15) is 27.3 Å². The molecule has 0 radical (unpaired) electrons. The first kappa shape index (κ1) is 12.5. The Morgan fingerprint density at radius 3 is 2.38 bits per heavy atom. The van der Waals surface area contributed by atoms with Crippen molar-refractivity contribution in [1.82, 2.24) is 4.98 Å². The molecule has 1 aromatic heterocycles. The summed E-state index contributed by atoms with van der Waals surface area (Å²) in [6, 6.07) is 0.897. The quantitative estimate of drug-likeness (QED) is 0.699. The van der Waals surface area contributed by atoms with Gasteiger partial charge in [-0.1, -0.05) is 0 Å². The van der Waals surface area contributed by atoms with E-state index in [4.69, 9.17) is 0 Å². The van der Waals surface area contributed by atoms with Crippen LogP contribution in [0.25, 0.3) is 0 Å². The highest BCUT2D eigenvalue weighted by molar-refractivity contribution is 5.88. The molecule has 6 heteroatoms. The van der Waals surface area contributed by atoms with Crippen molar-refractivity contribution in [3.8, 4) is 0 Å². The molecule has 1 aromatic rings. The third-order valence-corrected chi connectivity index (χ3v) is 2.09. The second kappa shape index (κ2) is 4.11. The summed E-state index contributed by atoms with van der Waals surface area (Å²) in [5, 5.41) is 0. The molecule has 0 saturated carbocycles. The Kier molecular flexibility index (Phi) is 3.21. The zero-order valence-electron chi connectivity index (χ0n) is 8.97. The SMILES string of the molecule is COC(=O)c1nc(C)c(C(F)(F)F)cc1C. The molecule has 0 unspecified atom stereocenters. The summed E-state index contributed by atoms with van der Waals surface area (Å²) in [5.41, 5.74) is -1.02. The van der Waals surface area contributed by atoms with Gasteiger partial charge in [0.25, 0.3) is 0 Å². The molecule has 1 heterocycles. The zero-order valence-corrected chi connectivity index (χ0v) is 8.97. The lowest BCUT2D eigenvalue weighted by atomic mass is 10.1. The van der Waals surface area contributed by atoms with E-state index in [1.807, 2.05) is 0 Å². The van der Waals surface area contributed by atoms with Crippen LogP contribution in [-0.2, 0) is 10.9 Å². The Morgan fingerprint density at radius 1 is 1.38 bits per heavy atom. The summed E-state index contributed by atoms with van der Waals surface area (Å²) in [6.07, 6.45) is -4.46. The molecular weight excluding hydrogens is 223 g/mol. The van der Waals surface area contributed by atoms with Crippen molar-refractivity contribution in [1.29, 1.82) is 0 Å². The van der Waals surface area contributed by atoms with E-state index in [1.54, 1.807) is 0 Å². The van der Waals surface area contributed by atoms with E-state index in [0.717, 1.165) is 13.2 Å². The molecule has 0 aliphatic rings. The maximum atomic E-state index is 12.5. The highest BCUT2D eigenvalue weighted by Crippen LogP contribution is 2.32. The zero-order chi connectivity index (χ0) is 12.5. The number of esters is 1. The van der Waals surface area contributed by atoms with Crippen LogP contribution in [0, 0.1) is 13.8 Å². The second-order valence-corrected chi connectivity index (χ2v) is 3.28. The fourth-order valence-corrected chi connectivity index (χ4v) is 1.30. The summed E-state index contributed by atoms with van der Waals surface area (Å²) < 4.78 is 41.9. The van der Waals surface area contributed by atoms with Crippen molar-refractivity contribution in [3.05, 3.63) is 28.6 Å². The fourth-order valence-electron chi connectivity index (χ4n) is 1.30. The number of rotatable bonds is 1. The maximum absolute atomic E-state index is 12.5. The van der Waals surface area contributed by atoms with Crippen LogP contribution in [0.3, 0.4) is 0 Å². The van der Waals surface area contributed by atoms with Crippen LogP contribution in [0.5, 0.6) is 0 Å². The van der Waals surface area contributed by atoms with Gasteiger partial charge >= 0.3 is 12.1 Å². The van der Waals surface area contributed by atoms with Gasteiger partial charge in [0.15, 0.2) is 5.69 Å². The Hall–Kier alpha value is -1.59. The van der Waals surface area contributed by atoms with Crippen LogP contribution in [0.4, 0.5) is 13.2 Å². The predicted molar refractivity (Wildman–Crippen MR) is 50.1 cm³/mol. The van der Waals surface area contributed by atoms with Gasteiger partial charge in [-0.25, -0.2) is 9.78 Å². The van der Waals surface area contributed by atoms with Gasteiger partial charge in [0, 0.05) is 0 Å². The third kappa shape index (κ3) is 2.32. The van der Waals surface area contributed by atoms with Gasteiger partial charge in [-0.2, -0.15) is 13.2 Å². The minimum atomic E-state index is -4.46. The number of carbonyl (C=O) groups excluding carboxylic acids is 1. The molecule has 0 aromatic carbocycles. The summed E-state index contributed by atoms with van der Waals surface area (Å²) in [7, 11) is 1.15. The van der Waals surface area contributed by atoms with E-state index in [1.165, 1.54) is 13.8 Å². The molecule has 16 heavy (non-hydrogen) atoms. The molecule has 88 valence electrons. The lowest BCUT2D eigenvalue weighted by Crippen LogP contribution is -2.14. The minimum Gasteiger partial charge on any atom is -0.464 e. The molecule has 1 rings (SSSR count). The number of methoxy groups -OCH3 is 1. The number of nitrogens with zero attached hydrogens (tertiary/aromatic N) is 1. The van der Waals surface area contributed by atoms with Crippen molar-refractivity contribution < 1.29 is 22.7 Å². The van der Waals surface area contributed by atoms with Crippen molar-refractivity contribution in [2.45, 2.75) is 20.0 Å². The van der Waals surface area contributed by atoms with Crippen molar-refractivity contribution in [3.63, 3.8) is 0 Å². The topological polar surface area (TPSA) is 39.2 Å². The highest BCUT2D eigenvalue weighted by Gasteiger charge is 2.34. The largest absolute Gasteiger partial charge is 0.464 e. The van der Waals surface area contributed by atoms with Crippen LogP contribution < -0.4 is 0 Å². The lowest BCUT2D eigenvalue weighted by Gasteiger charge is -2.12.